The summed E-state index contributed by atoms with van der Waals surface area (Å²) >= 11 is -1.85. The Morgan fingerprint density at radius 2 is 1.56 bits per heavy atom. The van der Waals surface area contributed by atoms with Crippen molar-refractivity contribution in [1.82, 2.24) is 0 Å². The van der Waals surface area contributed by atoms with Crippen LogP contribution in [-0.4, -0.2) is 6.61 Å². The first kappa shape index (κ1) is 16.4. The van der Waals surface area contributed by atoms with E-state index in [1.54, 1.807) is 6.56 Å². The van der Waals surface area contributed by atoms with Crippen LogP contribution in [0.4, 0.5) is 0 Å². The molecule has 16 heavy (non-hydrogen) atoms. The van der Waals surface area contributed by atoms with Crippen molar-refractivity contribution in [1.29, 1.82) is 0 Å². The van der Waals surface area contributed by atoms with E-state index >= 15 is 0 Å². The second-order valence-corrected chi connectivity index (χ2v) is 8.90. The first-order valence-corrected chi connectivity index (χ1v) is 8.60. The van der Waals surface area contributed by atoms with Gasteiger partial charge in [-0.05, 0) is 0 Å². The Kier molecular flexibility index (Phi) is 8.67. The maximum Gasteiger partial charge on any atom is -1.00 e. The van der Waals surface area contributed by atoms with Gasteiger partial charge in [-0.2, -0.15) is 0 Å². The Balaban J connectivity index is 0.00000112. The summed E-state index contributed by atoms with van der Waals surface area (Å²) in [5, 5.41) is 0. The van der Waals surface area contributed by atoms with Gasteiger partial charge < -0.3 is 24.8 Å². The first-order chi connectivity index (χ1) is 6.92. The largest absolute Gasteiger partial charge is 1.00 e. The molecular weight excluding hydrogens is 322 g/mol. The molecule has 0 aromatic rings. The van der Waals surface area contributed by atoms with Crippen molar-refractivity contribution in [2.24, 2.45) is 0 Å². The molecular formula is C12H15Cl2OZr. The van der Waals surface area contributed by atoms with Gasteiger partial charge in [0.1, 0.15) is 0 Å². The Bertz CT molecular complexity index is 302. The molecule has 0 atom stereocenters. The molecule has 2 aliphatic carbocycles. The zero-order valence-electron chi connectivity index (χ0n) is 9.25. The van der Waals surface area contributed by atoms with Gasteiger partial charge >= 0.3 is 94.4 Å². The number of halogens is 2. The normalized spacial score (nSPS) is 16.3. The minimum absolute atomic E-state index is 0. The molecule has 0 amide bonds. The third-order valence-electron chi connectivity index (χ3n) is 2.41. The Morgan fingerprint density at radius 1 is 1.06 bits per heavy atom. The summed E-state index contributed by atoms with van der Waals surface area (Å²) in [5.41, 5.74) is 0. The zero-order chi connectivity index (χ0) is 9.80. The minimum Gasteiger partial charge on any atom is -1.00 e. The maximum atomic E-state index is 5.99. The molecule has 0 saturated heterocycles. The van der Waals surface area contributed by atoms with Crippen molar-refractivity contribution in [3.05, 3.63) is 43.0 Å². The predicted molar refractivity (Wildman–Crippen MR) is 55.3 cm³/mol. The van der Waals surface area contributed by atoms with Crippen LogP contribution in [0.5, 0.6) is 0 Å². The predicted octanol–water partition coefficient (Wildman–Crippen LogP) is -2.75. The van der Waals surface area contributed by atoms with Crippen LogP contribution in [-0.2, 0) is 25.0 Å². The van der Waals surface area contributed by atoms with Crippen LogP contribution in [0.3, 0.4) is 0 Å². The number of hydrogen-bond acceptors (Lipinski definition) is 1. The van der Waals surface area contributed by atoms with Crippen LogP contribution in [0.25, 0.3) is 0 Å². The molecule has 0 fully saturated rings. The summed E-state index contributed by atoms with van der Waals surface area (Å²) in [5.74, 6) is 0. The number of hydrogen-bond donors (Lipinski definition) is 0. The molecule has 0 radical (unpaired) electrons. The van der Waals surface area contributed by atoms with Crippen molar-refractivity contribution in [2.45, 2.75) is 19.8 Å². The van der Waals surface area contributed by atoms with Crippen LogP contribution in [0.1, 0.15) is 19.8 Å². The molecule has 0 N–H and O–H groups in total. The molecule has 87 valence electrons. The molecule has 0 spiro atoms. The van der Waals surface area contributed by atoms with Crippen LogP contribution in [0.15, 0.2) is 43.0 Å². The van der Waals surface area contributed by atoms with E-state index in [2.05, 4.69) is 43.4 Å². The van der Waals surface area contributed by atoms with E-state index in [0.29, 0.717) is 0 Å². The van der Waals surface area contributed by atoms with E-state index in [-0.39, 0.29) is 24.8 Å². The van der Waals surface area contributed by atoms with Crippen LogP contribution in [0.2, 0.25) is 0 Å². The fraction of sp³-hybridized carbons (Fsp3) is 0.333. The summed E-state index contributed by atoms with van der Waals surface area (Å²) < 4.78 is 9.16. The second-order valence-electron chi connectivity index (χ2n) is 3.41. The van der Waals surface area contributed by atoms with Crippen molar-refractivity contribution in [3.63, 3.8) is 0 Å². The number of allylic oxidation sites excluding steroid dienone is 8. The average molecular weight is 337 g/mol. The van der Waals surface area contributed by atoms with Crippen molar-refractivity contribution < 1.29 is 49.8 Å². The average Bonchev–Trinajstić information content (AvgIpc) is 2.87. The van der Waals surface area contributed by atoms with Gasteiger partial charge in [0, 0.05) is 0 Å². The van der Waals surface area contributed by atoms with Gasteiger partial charge in [0.15, 0.2) is 0 Å². The van der Waals surface area contributed by atoms with Crippen LogP contribution in [0, 0.1) is 0 Å². The van der Waals surface area contributed by atoms with E-state index in [4.69, 9.17) is 2.81 Å². The van der Waals surface area contributed by atoms with Gasteiger partial charge in [0.25, 0.3) is 0 Å². The molecule has 0 saturated carbocycles. The molecule has 0 unspecified atom stereocenters. The van der Waals surface area contributed by atoms with Gasteiger partial charge in [-0.1, -0.05) is 0 Å². The van der Waals surface area contributed by atoms with Gasteiger partial charge in [0.2, 0.25) is 0 Å². The Labute approximate surface area is 118 Å². The van der Waals surface area contributed by atoms with Crippen molar-refractivity contribution in [2.75, 3.05) is 6.61 Å². The summed E-state index contributed by atoms with van der Waals surface area (Å²) in [4.78, 5) is 0. The number of rotatable bonds is 4. The third kappa shape index (κ3) is 4.00. The van der Waals surface area contributed by atoms with E-state index in [9.17, 15) is 0 Å². The zero-order valence-corrected chi connectivity index (χ0v) is 13.2. The fourth-order valence-corrected chi connectivity index (χ4v) is 7.11. The summed E-state index contributed by atoms with van der Waals surface area (Å²) in [6.07, 6.45) is 15.6. The molecule has 2 rings (SSSR count). The first-order valence-electron chi connectivity index (χ1n) is 5.13. The van der Waals surface area contributed by atoms with E-state index in [0.717, 1.165) is 19.4 Å². The van der Waals surface area contributed by atoms with Gasteiger partial charge in [0.05, 0.1) is 0 Å². The molecule has 4 heteroatoms. The third-order valence-corrected chi connectivity index (χ3v) is 8.52. The van der Waals surface area contributed by atoms with E-state index < -0.39 is 22.2 Å². The van der Waals surface area contributed by atoms with Gasteiger partial charge in [-0.15, -0.1) is 0 Å². The monoisotopic (exact) mass is 335 g/mol. The van der Waals surface area contributed by atoms with Crippen molar-refractivity contribution in [3.8, 4) is 0 Å². The van der Waals surface area contributed by atoms with Gasteiger partial charge in [-0.3, -0.25) is 0 Å². The smallest absolute Gasteiger partial charge is 1.00 e. The molecule has 2 aliphatic rings. The molecule has 0 heterocycles. The summed E-state index contributed by atoms with van der Waals surface area (Å²) in [6.45, 7) is 2.97. The standard InChI is InChI=1S/2C5H5.C2H5O.2ClH.Zr/c2*1-2-4-5-3-1;1-2-3;;;/h2*1-3H,4H2;2H2,1H3;2*1H;/q;;-1;;;+3/p-2. The molecule has 0 aromatic carbocycles. The van der Waals surface area contributed by atoms with E-state index in [1.807, 2.05) is 0 Å². The summed E-state index contributed by atoms with van der Waals surface area (Å²) in [6, 6.07) is 0. The van der Waals surface area contributed by atoms with Gasteiger partial charge in [-0.25, -0.2) is 0 Å². The van der Waals surface area contributed by atoms with Crippen LogP contribution >= 0.6 is 0 Å². The Hall–Kier alpha value is 0.383. The molecule has 1 nitrogen and oxygen atoms in total. The van der Waals surface area contributed by atoms with Crippen molar-refractivity contribution >= 4 is 0 Å². The summed E-state index contributed by atoms with van der Waals surface area (Å²) in [7, 11) is 0. The van der Waals surface area contributed by atoms with Crippen LogP contribution < -0.4 is 24.8 Å². The molecule has 0 bridgehead atoms. The quantitative estimate of drug-likeness (QED) is 0.541. The molecule has 0 aliphatic heterocycles. The Morgan fingerprint density at radius 3 is 1.88 bits per heavy atom. The SMILES string of the molecule is CC[O][Zr+2]([C]1=CC=CC1)[C]1=CC=CC1.[Cl-].[Cl-]. The second kappa shape index (κ2) is 8.47. The minimum atomic E-state index is -1.85. The topological polar surface area (TPSA) is 9.23 Å². The fourth-order valence-electron chi connectivity index (χ4n) is 1.77. The van der Waals surface area contributed by atoms with E-state index in [1.165, 1.54) is 0 Å². The maximum absolute atomic E-state index is 5.99. The molecule has 0 aromatic heterocycles.